The van der Waals surface area contributed by atoms with Crippen molar-refractivity contribution in [2.75, 3.05) is 24.6 Å². The summed E-state index contributed by atoms with van der Waals surface area (Å²) in [5.41, 5.74) is 0.447. The van der Waals surface area contributed by atoms with Crippen molar-refractivity contribution in [3.8, 4) is 0 Å². The third-order valence-electron chi connectivity index (χ3n) is 7.14. The Hall–Kier alpha value is -3.95. The van der Waals surface area contributed by atoms with Gasteiger partial charge in [-0.05, 0) is 58.7 Å². The van der Waals surface area contributed by atoms with Crippen molar-refractivity contribution in [1.82, 2.24) is 9.47 Å². The SMILES string of the molecule is CCOC(=O)Cn1cc(N(CCCCCCCCCCCN2C(=O)c3ccccc3C2=O)C(=O)OC(C)(C)C)ccc1=O. The van der Waals surface area contributed by atoms with E-state index in [0.29, 0.717) is 29.9 Å². The van der Waals surface area contributed by atoms with Gasteiger partial charge in [-0.15, -0.1) is 0 Å². The Labute approximate surface area is 253 Å². The summed E-state index contributed by atoms with van der Waals surface area (Å²) in [4.78, 5) is 65.1. The summed E-state index contributed by atoms with van der Waals surface area (Å²) in [7, 11) is 0. The van der Waals surface area contributed by atoms with E-state index in [0.717, 1.165) is 57.8 Å². The highest BCUT2D eigenvalue weighted by Crippen LogP contribution is 2.23. The number of fused-ring (bicyclic) bond motifs is 1. The van der Waals surface area contributed by atoms with Crippen LogP contribution >= 0.6 is 0 Å². The Balaban J connectivity index is 1.38. The van der Waals surface area contributed by atoms with Gasteiger partial charge in [-0.2, -0.15) is 0 Å². The van der Waals surface area contributed by atoms with Crippen LogP contribution in [0.4, 0.5) is 10.5 Å². The number of benzene rings is 1. The van der Waals surface area contributed by atoms with Crippen molar-refractivity contribution in [2.24, 2.45) is 0 Å². The summed E-state index contributed by atoms with van der Waals surface area (Å²) in [5, 5.41) is 0. The number of nitrogens with zero attached hydrogens (tertiary/aromatic N) is 3. The number of hydrogen-bond acceptors (Lipinski definition) is 7. The molecule has 0 bridgehead atoms. The van der Waals surface area contributed by atoms with Crippen LogP contribution in [0.15, 0.2) is 47.4 Å². The van der Waals surface area contributed by atoms with Crippen LogP contribution in [0.3, 0.4) is 0 Å². The molecular formula is C33H45N3O7. The fraction of sp³-hybridized carbons (Fsp3) is 0.545. The first-order valence-corrected chi connectivity index (χ1v) is 15.3. The monoisotopic (exact) mass is 595 g/mol. The van der Waals surface area contributed by atoms with Crippen molar-refractivity contribution >= 4 is 29.6 Å². The van der Waals surface area contributed by atoms with Crippen molar-refractivity contribution in [1.29, 1.82) is 0 Å². The minimum Gasteiger partial charge on any atom is -0.465 e. The first kappa shape index (κ1) is 33.6. The van der Waals surface area contributed by atoms with E-state index in [4.69, 9.17) is 9.47 Å². The molecule has 2 heterocycles. The molecular weight excluding hydrogens is 550 g/mol. The van der Waals surface area contributed by atoms with Gasteiger partial charge in [0.15, 0.2) is 0 Å². The summed E-state index contributed by atoms with van der Waals surface area (Å²) in [5.74, 6) is -0.901. The van der Waals surface area contributed by atoms with E-state index < -0.39 is 17.7 Å². The topological polar surface area (TPSA) is 115 Å². The molecule has 1 aliphatic rings. The fourth-order valence-electron chi connectivity index (χ4n) is 5.01. The molecule has 234 valence electrons. The average Bonchev–Trinajstić information content (AvgIpc) is 3.19. The molecule has 0 saturated carbocycles. The summed E-state index contributed by atoms with van der Waals surface area (Å²) >= 11 is 0. The Bertz CT molecular complexity index is 1290. The number of imide groups is 1. The third-order valence-corrected chi connectivity index (χ3v) is 7.14. The molecule has 0 spiro atoms. The fourth-order valence-corrected chi connectivity index (χ4v) is 5.01. The van der Waals surface area contributed by atoms with Crippen molar-refractivity contribution < 1.29 is 28.7 Å². The number of rotatable bonds is 16. The Kier molecular flexibility index (Phi) is 12.5. The maximum Gasteiger partial charge on any atom is 0.414 e. The number of carbonyl (C=O) groups is 4. The van der Waals surface area contributed by atoms with E-state index in [9.17, 15) is 24.0 Å². The maximum absolute atomic E-state index is 13.0. The van der Waals surface area contributed by atoms with Crippen LogP contribution in [0.1, 0.15) is 106 Å². The van der Waals surface area contributed by atoms with Crippen LogP contribution in [-0.2, 0) is 20.8 Å². The summed E-state index contributed by atoms with van der Waals surface area (Å²) in [6.45, 7) is 7.97. The largest absolute Gasteiger partial charge is 0.465 e. The molecule has 0 radical (unpaired) electrons. The molecule has 1 aromatic heterocycles. The number of amides is 3. The molecule has 1 aromatic carbocycles. The van der Waals surface area contributed by atoms with Gasteiger partial charge in [0.1, 0.15) is 12.1 Å². The van der Waals surface area contributed by atoms with Gasteiger partial charge in [0.2, 0.25) is 0 Å². The predicted molar refractivity (Wildman–Crippen MR) is 164 cm³/mol. The molecule has 2 aromatic rings. The van der Waals surface area contributed by atoms with E-state index in [-0.39, 0.29) is 30.5 Å². The zero-order valence-electron chi connectivity index (χ0n) is 25.9. The lowest BCUT2D eigenvalue weighted by molar-refractivity contribution is -0.143. The van der Waals surface area contributed by atoms with Gasteiger partial charge in [-0.3, -0.25) is 29.0 Å². The number of esters is 1. The Morgan fingerprint density at radius 3 is 1.91 bits per heavy atom. The van der Waals surface area contributed by atoms with Crippen LogP contribution in [0.2, 0.25) is 0 Å². The van der Waals surface area contributed by atoms with Crippen molar-refractivity contribution in [2.45, 2.75) is 97.6 Å². The minimum absolute atomic E-state index is 0.191. The van der Waals surface area contributed by atoms with E-state index in [1.807, 2.05) is 0 Å². The van der Waals surface area contributed by atoms with Gasteiger partial charge in [0, 0.05) is 25.4 Å². The first-order chi connectivity index (χ1) is 20.5. The van der Waals surface area contributed by atoms with Crippen molar-refractivity contribution in [3.63, 3.8) is 0 Å². The van der Waals surface area contributed by atoms with E-state index >= 15 is 0 Å². The second-order valence-corrected chi connectivity index (χ2v) is 11.8. The normalized spacial score (nSPS) is 12.8. The molecule has 43 heavy (non-hydrogen) atoms. The highest BCUT2D eigenvalue weighted by molar-refractivity contribution is 6.21. The molecule has 10 nitrogen and oxygen atoms in total. The van der Waals surface area contributed by atoms with Crippen LogP contribution in [-0.4, -0.2) is 58.6 Å². The number of anilines is 1. The molecule has 0 atom stereocenters. The number of aromatic nitrogens is 1. The molecule has 0 aliphatic carbocycles. The van der Waals surface area contributed by atoms with Gasteiger partial charge >= 0.3 is 12.1 Å². The average molecular weight is 596 g/mol. The predicted octanol–water partition coefficient (Wildman–Crippen LogP) is 5.96. The summed E-state index contributed by atoms with van der Waals surface area (Å²) < 4.78 is 11.8. The standard InChI is InChI=1S/C33H45N3O7/c1-5-42-29(38)24-34-23-25(19-20-28(34)37)35(32(41)43-33(2,3)4)21-15-11-9-7-6-8-10-12-16-22-36-30(39)26-17-13-14-18-27(26)31(36)40/h13-14,17-20,23H,5-12,15-16,21-22,24H2,1-4H3. The lowest BCUT2D eigenvalue weighted by Crippen LogP contribution is -2.38. The Morgan fingerprint density at radius 2 is 1.35 bits per heavy atom. The Morgan fingerprint density at radius 1 is 0.791 bits per heavy atom. The minimum atomic E-state index is -0.681. The molecule has 3 rings (SSSR count). The highest BCUT2D eigenvalue weighted by atomic mass is 16.6. The zero-order valence-corrected chi connectivity index (χ0v) is 25.9. The van der Waals surface area contributed by atoms with E-state index in [1.54, 1.807) is 58.0 Å². The molecule has 0 fully saturated rings. The number of pyridine rings is 1. The molecule has 3 amide bonds. The van der Waals surface area contributed by atoms with Gasteiger partial charge in [-0.1, -0.05) is 57.1 Å². The van der Waals surface area contributed by atoms with Crippen molar-refractivity contribution in [3.05, 3.63) is 64.1 Å². The second-order valence-electron chi connectivity index (χ2n) is 11.8. The summed E-state index contributed by atoms with van der Waals surface area (Å²) in [6.07, 6.45) is 9.81. The molecule has 10 heteroatoms. The quantitative estimate of drug-likeness (QED) is 0.134. The smallest absolute Gasteiger partial charge is 0.414 e. The van der Waals surface area contributed by atoms with E-state index in [1.165, 1.54) is 26.6 Å². The number of hydrogen-bond donors (Lipinski definition) is 0. The van der Waals surface area contributed by atoms with Gasteiger partial charge < -0.3 is 14.0 Å². The highest BCUT2D eigenvalue weighted by Gasteiger charge is 2.34. The van der Waals surface area contributed by atoms with Crippen LogP contribution in [0.5, 0.6) is 0 Å². The lowest BCUT2D eigenvalue weighted by atomic mass is 10.1. The third kappa shape index (κ3) is 10.1. The van der Waals surface area contributed by atoms with Gasteiger partial charge in [-0.25, -0.2) is 4.79 Å². The van der Waals surface area contributed by atoms with E-state index in [2.05, 4.69) is 0 Å². The number of carbonyl (C=O) groups excluding carboxylic acids is 4. The van der Waals surface area contributed by atoms with Gasteiger partial charge in [0.25, 0.3) is 17.4 Å². The van der Waals surface area contributed by atoms with Crippen LogP contribution in [0, 0.1) is 0 Å². The molecule has 1 aliphatic heterocycles. The molecule has 0 saturated heterocycles. The second kappa shape index (κ2) is 16.0. The lowest BCUT2D eigenvalue weighted by Gasteiger charge is -2.27. The molecule has 0 unspecified atom stereocenters. The maximum atomic E-state index is 13.0. The van der Waals surface area contributed by atoms with Crippen LogP contribution < -0.4 is 10.5 Å². The van der Waals surface area contributed by atoms with Crippen LogP contribution in [0.25, 0.3) is 0 Å². The first-order valence-electron chi connectivity index (χ1n) is 15.3. The number of unbranched alkanes of at least 4 members (excludes halogenated alkanes) is 8. The van der Waals surface area contributed by atoms with Gasteiger partial charge in [0.05, 0.1) is 23.4 Å². The zero-order chi connectivity index (χ0) is 31.4. The summed E-state index contributed by atoms with van der Waals surface area (Å²) in [6, 6.07) is 9.89. The molecule has 0 N–H and O–H groups in total. The number of ether oxygens (including phenoxy) is 2.